The predicted molar refractivity (Wildman–Crippen MR) is 79.2 cm³/mol. The zero-order valence-corrected chi connectivity index (χ0v) is 12.5. The summed E-state index contributed by atoms with van der Waals surface area (Å²) in [6.07, 6.45) is 2.67. The minimum Gasteiger partial charge on any atom is -0.465 e. The van der Waals surface area contributed by atoms with E-state index < -0.39 is 0 Å². The molecule has 0 atom stereocenters. The zero-order valence-electron chi connectivity index (χ0n) is 11.7. The lowest BCUT2D eigenvalue weighted by molar-refractivity contribution is -0.144. The molecule has 2 heterocycles. The summed E-state index contributed by atoms with van der Waals surface area (Å²) in [5, 5.41) is 0.646. The summed E-state index contributed by atoms with van der Waals surface area (Å²) in [7, 11) is 0. The smallest absolute Gasteiger partial charge is 0.320 e. The second-order valence-corrected chi connectivity index (χ2v) is 5.19. The SMILES string of the molecule is CCOC(=O)CN1CCCN(c2ccc(Cl)cn2)CC1. The second-order valence-electron chi connectivity index (χ2n) is 4.76. The van der Waals surface area contributed by atoms with Gasteiger partial charge in [0.15, 0.2) is 0 Å². The molecule has 110 valence electrons. The molecule has 0 aromatic carbocycles. The first kappa shape index (κ1) is 15.1. The number of anilines is 1. The largest absolute Gasteiger partial charge is 0.465 e. The second kappa shape index (κ2) is 7.45. The van der Waals surface area contributed by atoms with Crippen LogP contribution in [0.1, 0.15) is 13.3 Å². The molecule has 0 aliphatic carbocycles. The molecule has 20 heavy (non-hydrogen) atoms. The van der Waals surface area contributed by atoms with Gasteiger partial charge < -0.3 is 9.64 Å². The minimum atomic E-state index is -0.148. The van der Waals surface area contributed by atoms with Gasteiger partial charge in [0.2, 0.25) is 0 Å². The van der Waals surface area contributed by atoms with Crippen LogP contribution in [0.25, 0.3) is 0 Å². The molecule has 0 amide bonds. The maximum absolute atomic E-state index is 11.5. The number of hydrogen-bond acceptors (Lipinski definition) is 5. The van der Waals surface area contributed by atoms with Gasteiger partial charge in [0.1, 0.15) is 5.82 Å². The molecule has 1 aliphatic rings. The highest BCUT2D eigenvalue weighted by atomic mass is 35.5. The molecule has 0 radical (unpaired) electrons. The van der Waals surface area contributed by atoms with Crippen LogP contribution >= 0.6 is 11.6 Å². The van der Waals surface area contributed by atoms with Gasteiger partial charge in [0.25, 0.3) is 0 Å². The first-order chi connectivity index (χ1) is 9.69. The zero-order chi connectivity index (χ0) is 14.4. The third-order valence-corrected chi connectivity index (χ3v) is 3.51. The number of aromatic nitrogens is 1. The maximum Gasteiger partial charge on any atom is 0.320 e. The molecule has 0 spiro atoms. The number of hydrogen-bond donors (Lipinski definition) is 0. The number of halogens is 1. The van der Waals surface area contributed by atoms with E-state index >= 15 is 0 Å². The summed E-state index contributed by atoms with van der Waals surface area (Å²) in [5.74, 6) is 0.790. The highest BCUT2D eigenvalue weighted by Gasteiger charge is 2.18. The van der Waals surface area contributed by atoms with Crippen molar-refractivity contribution in [3.63, 3.8) is 0 Å². The first-order valence-corrected chi connectivity index (χ1v) is 7.31. The standard InChI is InChI=1S/C14H20ClN3O2/c1-2-20-14(19)11-17-6-3-7-18(9-8-17)13-5-4-12(15)10-16-13/h4-5,10H,2-3,6-9,11H2,1H3. The Morgan fingerprint density at radius 1 is 1.35 bits per heavy atom. The number of ether oxygens (including phenoxy) is 1. The number of esters is 1. The van der Waals surface area contributed by atoms with E-state index in [2.05, 4.69) is 14.8 Å². The molecule has 0 unspecified atom stereocenters. The van der Waals surface area contributed by atoms with Gasteiger partial charge in [-0.2, -0.15) is 0 Å². The molecule has 1 aromatic rings. The fourth-order valence-electron chi connectivity index (χ4n) is 2.30. The quantitative estimate of drug-likeness (QED) is 0.793. The lowest BCUT2D eigenvalue weighted by atomic mass is 10.3. The van der Waals surface area contributed by atoms with Crippen molar-refractivity contribution in [3.05, 3.63) is 23.4 Å². The van der Waals surface area contributed by atoms with E-state index in [9.17, 15) is 4.79 Å². The molecule has 1 aromatic heterocycles. The van der Waals surface area contributed by atoms with E-state index in [0.29, 0.717) is 18.2 Å². The van der Waals surface area contributed by atoms with E-state index in [-0.39, 0.29) is 5.97 Å². The van der Waals surface area contributed by atoms with Crippen LogP contribution < -0.4 is 4.90 Å². The number of nitrogens with zero attached hydrogens (tertiary/aromatic N) is 3. The Bertz CT molecular complexity index is 439. The number of carbonyl (C=O) groups excluding carboxylic acids is 1. The van der Waals surface area contributed by atoms with Crippen LogP contribution in [0.4, 0.5) is 5.82 Å². The van der Waals surface area contributed by atoms with Gasteiger partial charge in [-0.1, -0.05) is 11.6 Å². The Morgan fingerprint density at radius 2 is 2.20 bits per heavy atom. The van der Waals surface area contributed by atoms with Crippen molar-refractivity contribution < 1.29 is 9.53 Å². The van der Waals surface area contributed by atoms with Gasteiger partial charge in [0.05, 0.1) is 18.2 Å². The van der Waals surface area contributed by atoms with E-state index in [1.54, 1.807) is 6.20 Å². The Kier molecular flexibility index (Phi) is 5.61. The van der Waals surface area contributed by atoms with Crippen molar-refractivity contribution in [2.45, 2.75) is 13.3 Å². The fraction of sp³-hybridized carbons (Fsp3) is 0.571. The topological polar surface area (TPSA) is 45.7 Å². The molecule has 0 bridgehead atoms. The summed E-state index contributed by atoms with van der Waals surface area (Å²) >= 11 is 5.85. The number of pyridine rings is 1. The number of rotatable bonds is 4. The Morgan fingerprint density at radius 3 is 2.90 bits per heavy atom. The molecule has 2 rings (SSSR count). The lowest BCUT2D eigenvalue weighted by Crippen LogP contribution is -2.35. The molecule has 0 saturated carbocycles. The van der Waals surface area contributed by atoms with Gasteiger partial charge in [-0.25, -0.2) is 4.98 Å². The summed E-state index contributed by atoms with van der Waals surface area (Å²) < 4.78 is 4.99. The van der Waals surface area contributed by atoms with Gasteiger partial charge in [-0.15, -0.1) is 0 Å². The van der Waals surface area contributed by atoms with Gasteiger partial charge in [0, 0.05) is 32.4 Å². The van der Waals surface area contributed by atoms with E-state index in [1.807, 2.05) is 19.1 Å². The molecule has 5 nitrogen and oxygen atoms in total. The molecular weight excluding hydrogens is 278 g/mol. The highest BCUT2D eigenvalue weighted by Crippen LogP contribution is 2.16. The van der Waals surface area contributed by atoms with Crippen molar-refractivity contribution in [1.29, 1.82) is 0 Å². The molecular formula is C14H20ClN3O2. The Hall–Kier alpha value is -1.33. The van der Waals surface area contributed by atoms with Crippen molar-refractivity contribution in [1.82, 2.24) is 9.88 Å². The van der Waals surface area contributed by atoms with Crippen LogP contribution in [-0.4, -0.2) is 55.2 Å². The third kappa shape index (κ3) is 4.35. The van der Waals surface area contributed by atoms with Gasteiger partial charge in [-0.05, 0) is 25.5 Å². The maximum atomic E-state index is 11.5. The van der Waals surface area contributed by atoms with E-state index in [4.69, 9.17) is 16.3 Å². The first-order valence-electron chi connectivity index (χ1n) is 6.93. The van der Waals surface area contributed by atoms with E-state index in [0.717, 1.165) is 38.4 Å². The van der Waals surface area contributed by atoms with Gasteiger partial charge >= 0.3 is 5.97 Å². The van der Waals surface area contributed by atoms with Crippen LogP contribution in [0.15, 0.2) is 18.3 Å². The monoisotopic (exact) mass is 297 g/mol. The Balaban J connectivity index is 1.88. The van der Waals surface area contributed by atoms with Crippen LogP contribution in [-0.2, 0) is 9.53 Å². The minimum absolute atomic E-state index is 0.148. The molecule has 1 aliphatic heterocycles. The van der Waals surface area contributed by atoms with Gasteiger partial charge in [-0.3, -0.25) is 9.69 Å². The molecule has 1 fully saturated rings. The average Bonchev–Trinajstić information content (AvgIpc) is 2.66. The van der Waals surface area contributed by atoms with Crippen LogP contribution in [0.3, 0.4) is 0 Å². The Labute approximate surface area is 124 Å². The number of carbonyl (C=O) groups is 1. The summed E-state index contributed by atoms with van der Waals surface area (Å²) in [4.78, 5) is 20.2. The van der Waals surface area contributed by atoms with Crippen LogP contribution in [0.2, 0.25) is 5.02 Å². The predicted octanol–water partition coefficient (Wildman–Crippen LogP) is 1.81. The van der Waals surface area contributed by atoms with E-state index in [1.165, 1.54) is 0 Å². The highest BCUT2D eigenvalue weighted by molar-refractivity contribution is 6.30. The lowest BCUT2D eigenvalue weighted by Gasteiger charge is -2.22. The summed E-state index contributed by atoms with van der Waals surface area (Å²) in [6.45, 7) is 6.17. The normalized spacial score (nSPS) is 16.8. The fourth-order valence-corrected chi connectivity index (χ4v) is 2.41. The molecule has 1 saturated heterocycles. The summed E-state index contributed by atoms with van der Waals surface area (Å²) in [5.41, 5.74) is 0. The van der Waals surface area contributed by atoms with Crippen LogP contribution in [0, 0.1) is 0 Å². The molecule has 6 heteroatoms. The summed E-state index contributed by atoms with van der Waals surface area (Å²) in [6, 6.07) is 3.79. The van der Waals surface area contributed by atoms with Crippen molar-refractivity contribution in [3.8, 4) is 0 Å². The van der Waals surface area contributed by atoms with Crippen LogP contribution in [0.5, 0.6) is 0 Å². The molecule has 0 N–H and O–H groups in total. The van der Waals surface area contributed by atoms with Crippen molar-refractivity contribution in [2.24, 2.45) is 0 Å². The average molecular weight is 298 g/mol. The van der Waals surface area contributed by atoms with Crippen molar-refractivity contribution >= 4 is 23.4 Å². The van der Waals surface area contributed by atoms with Crippen molar-refractivity contribution in [2.75, 3.05) is 44.2 Å². The third-order valence-electron chi connectivity index (χ3n) is 3.28.